The van der Waals surface area contributed by atoms with Crippen LogP contribution < -0.4 is 10.4 Å². The summed E-state index contributed by atoms with van der Waals surface area (Å²) in [6, 6.07) is -0.556. The van der Waals surface area contributed by atoms with Gasteiger partial charge in [0.1, 0.15) is 0 Å². The first-order chi connectivity index (χ1) is 6.31. The van der Waals surface area contributed by atoms with Crippen LogP contribution in [-0.2, 0) is 9.59 Å². The number of aliphatic carboxylic acids is 1. The fourth-order valence-corrected chi connectivity index (χ4v) is 1.74. The van der Waals surface area contributed by atoms with Gasteiger partial charge in [-0.15, -0.1) is 0 Å². The van der Waals surface area contributed by atoms with Gasteiger partial charge < -0.3 is 20.3 Å². The van der Waals surface area contributed by atoms with Gasteiger partial charge in [0.2, 0.25) is 5.91 Å². The van der Waals surface area contributed by atoms with E-state index >= 15 is 0 Å². The number of aliphatic hydroxyl groups excluding tert-OH is 1. The molecule has 0 saturated carbocycles. The predicted molar refractivity (Wildman–Crippen MR) is 45.9 cm³/mol. The Labute approximate surface area is 82.1 Å². The molecule has 0 aromatic carbocycles. The lowest BCUT2D eigenvalue weighted by Crippen LogP contribution is -2.73. The minimum absolute atomic E-state index is 0.314. The van der Waals surface area contributed by atoms with E-state index in [9.17, 15) is 19.8 Å². The largest absolute Gasteiger partial charge is 0.550 e. The lowest BCUT2D eigenvalue weighted by atomic mass is 9.66. The van der Waals surface area contributed by atoms with Crippen LogP contribution in [0.1, 0.15) is 20.8 Å². The van der Waals surface area contributed by atoms with Crippen LogP contribution in [0.15, 0.2) is 0 Å². The van der Waals surface area contributed by atoms with Gasteiger partial charge in [0, 0.05) is 11.9 Å². The number of hydrogen-bond donors (Lipinski definition) is 2. The first-order valence-electron chi connectivity index (χ1n) is 4.51. The third kappa shape index (κ3) is 1.28. The molecule has 0 aromatic heterocycles. The number of carbonyl (C=O) groups is 2. The lowest BCUT2D eigenvalue weighted by molar-refractivity contribution is -0.313. The molecule has 5 nitrogen and oxygen atoms in total. The maximum absolute atomic E-state index is 11.2. The normalized spacial score (nSPS) is 35.4. The fourth-order valence-electron chi connectivity index (χ4n) is 1.74. The molecular weight excluding hydrogens is 186 g/mol. The molecular formula is C9H14NO4-. The van der Waals surface area contributed by atoms with E-state index in [2.05, 4.69) is 5.32 Å². The molecule has 1 heterocycles. The van der Waals surface area contributed by atoms with Gasteiger partial charge in [-0.05, 0) is 13.8 Å². The van der Waals surface area contributed by atoms with E-state index in [0.29, 0.717) is 0 Å². The average Bonchev–Trinajstić information content (AvgIpc) is 2.10. The maximum atomic E-state index is 11.2. The molecule has 2 N–H and O–H groups in total. The van der Waals surface area contributed by atoms with Crippen LogP contribution in [0.4, 0.5) is 0 Å². The summed E-state index contributed by atoms with van der Waals surface area (Å²) in [6.07, 6.45) is -0.872. The van der Waals surface area contributed by atoms with Gasteiger partial charge in [-0.1, -0.05) is 6.92 Å². The van der Waals surface area contributed by atoms with Crippen LogP contribution >= 0.6 is 0 Å². The van der Waals surface area contributed by atoms with Crippen molar-refractivity contribution in [3.05, 3.63) is 0 Å². The minimum atomic E-state index is -1.22. The molecule has 1 fully saturated rings. The number of nitrogens with one attached hydrogen (secondary N) is 1. The molecule has 1 amide bonds. The Bertz CT molecular complexity index is 276. The summed E-state index contributed by atoms with van der Waals surface area (Å²) in [5, 5.41) is 22.5. The molecule has 14 heavy (non-hydrogen) atoms. The number of hydrogen-bond acceptors (Lipinski definition) is 4. The van der Waals surface area contributed by atoms with Crippen molar-refractivity contribution < 1.29 is 19.8 Å². The summed E-state index contributed by atoms with van der Waals surface area (Å²) in [6.45, 7) is 4.49. The van der Waals surface area contributed by atoms with Gasteiger partial charge in [0.05, 0.1) is 17.6 Å². The van der Waals surface area contributed by atoms with E-state index < -0.39 is 29.4 Å². The Balaban J connectivity index is 2.85. The van der Waals surface area contributed by atoms with Crippen LogP contribution in [0.3, 0.4) is 0 Å². The van der Waals surface area contributed by atoms with E-state index in [-0.39, 0.29) is 5.91 Å². The van der Waals surface area contributed by atoms with Crippen LogP contribution in [-0.4, -0.2) is 29.1 Å². The number of β-lactam (4-membered cyclic amide) rings is 1. The SMILES string of the molecule is CC(C(=O)[O-])[C@H]1NC(=O)[C@]1(C)[C@H](C)O. The molecule has 80 valence electrons. The topological polar surface area (TPSA) is 89.5 Å². The zero-order valence-corrected chi connectivity index (χ0v) is 8.40. The van der Waals surface area contributed by atoms with E-state index in [1.54, 1.807) is 6.92 Å². The van der Waals surface area contributed by atoms with E-state index in [1.807, 2.05) is 0 Å². The molecule has 0 bridgehead atoms. The number of rotatable bonds is 3. The highest BCUT2D eigenvalue weighted by Crippen LogP contribution is 2.38. The Morgan fingerprint density at radius 2 is 2.14 bits per heavy atom. The Morgan fingerprint density at radius 1 is 1.64 bits per heavy atom. The second kappa shape index (κ2) is 3.24. The highest BCUT2D eigenvalue weighted by Gasteiger charge is 2.56. The van der Waals surface area contributed by atoms with Crippen molar-refractivity contribution in [1.82, 2.24) is 5.32 Å². The van der Waals surface area contributed by atoms with Gasteiger partial charge in [-0.25, -0.2) is 0 Å². The maximum Gasteiger partial charge on any atom is 0.230 e. The van der Waals surface area contributed by atoms with E-state index in [4.69, 9.17) is 0 Å². The number of amides is 1. The molecule has 5 heteroatoms. The van der Waals surface area contributed by atoms with Crippen molar-refractivity contribution in [3.63, 3.8) is 0 Å². The second-order valence-corrected chi connectivity index (χ2v) is 4.02. The third-order valence-electron chi connectivity index (χ3n) is 3.16. The number of carboxylic acids is 1. The molecule has 0 radical (unpaired) electrons. The molecule has 1 unspecified atom stereocenters. The molecule has 0 spiro atoms. The quantitative estimate of drug-likeness (QED) is 0.529. The van der Waals surface area contributed by atoms with E-state index in [0.717, 1.165) is 0 Å². The molecule has 1 saturated heterocycles. The summed E-state index contributed by atoms with van der Waals surface area (Å²) >= 11 is 0. The van der Waals surface area contributed by atoms with Crippen molar-refractivity contribution in [3.8, 4) is 0 Å². The highest BCUT2D eigenvalue weighted by atomic mass is 16.4. The predicted octanol–water partition coefficient (Wildman–Crippen LogP) is -1.74. The summed E-state index contributed by atoms with van der Waals surface area (Å²) in [5.41, 5.74) is -1.01. The first kappa shape index (κ1) is 11.0. The number of carboxylic acid groups (broad SMARTS) is 1. The first-order valence-corrected chi connectivity index (χ1v) is 4.51. The zero-order chi connectivity index (χ0) is 11.1. The highest BCUT2D eigenvalue weighted by molar-refractivity contribution is 5.92. The average molecular weight is 200 g/mol. The van der Waals surface area contributed by atoms with Gasteiger partial charge in [0.25, 0.3) is 0 Å². The molecule has 0 aliphatic carbocycles. The van der Waals surface area contributed by atoms with Crippen molar-refractivity contribution >= 4 is 11.9 Å². The molecule has 1 rings (SSSR count). The minimum Gasteiger partial charge on any atom is -0.550 e. The van der Waals surface area contributed by atoms with Gasteiger partial charge in [0.15, 0.2) is 0 Å². The van der Waals surface area contributed by atoms with Crippen molar-refractivity contribution in [1.29, 1.82) is 0 Å². The summed E-state index contributed by atoms with van der Waals surface area (Å²) in [7, 11) is 0. The smallest absolute Gasteiger partial charge is 0.230 e. The molecule has 1 aliphatic heterocycles. The Hall–Kier alpha value is -1.10. The Kier molecular flexibility index (Phi) is 2.54. The van der Waals surface area contributed by atoms with E-state index in [1.165, 1.54) is 13.8 Å². The van der Waals surface area contributed by atoms with Gasteiger partial charge in [-0.2, -0.15) is 0 Å². The summed E-state index contributed by atoms with van der Waals surface area (Å²) in [5.74, 6) is -2.33. The van der Waals surface area contributed by atoms with Crippen LogP contribution in [0.5, 0.6) is 0 Å². The van der Waals surface area contributed by atoms with Crippen LogP contribution in [0.25, 0.3) is 0 Å². The Morgan fingerprint density at radius 3 is 2.43 bits per heavy atom. The molecule has 1 aliphatic rings. The summed E-state index contributed by atoms with van der Waals surface area (Å²) < 4.78 is 0. The number of aliphatic hydroxyl groups is 1. The van der Waals surface area contributed by atoms with Gasteiger partial charge >= 0.3 is 0 Å². The fraction of sp³-hybridized carbons (Fsp3) is 0.778. The third-order valence-corrected chi connectivity index (χ3v) is 3.16. The van der Waals surface area contributed by atoms with Crippen molar-refractivity contribution in [2.24, 2.45) is 11.3 Å². The standard InChI is InChI=1S/C9H15NO4/c1-4(7(12)13)6-9(3,5(2)11)8(14)10-6/h4-6,11H,1-3H3,(H,10,14)(H,12,13)/p-1/t4?,5-,6+,9+/m0/s1. The van der Waals surface area contributed by atoms with Crippen molar-refractivity contribution in [2.45, 2.75) is 32.9 Å². The monoisotopic (exact) mass is 200 g/mol. The van der Waals surface area contributed by atoms with Crippen LogP contribution in [0.2, 0.25) is 0 Å². The second-order valence-electron chi connectivity index (χ2n) is 4.02. The zero-order valence-electron chi connectivity index (χ0n) is 8.40. The molecule has 0 aromatic rings. The van der Waals surface area contributed by atoms with Gasteiger partial charge in [-0.3, -0.25) is 4.79 Å². The van der Waals surface area contributed by atoms with Crippen molar-refractivity contribution in [2.75, 3.05) is 0 Å². The summed E-state index contributed by atoms with van der Waals surface area (Å²) in [4.78, 5) is 21.9. The number of carbonyl (C=O) groups excluding carboxylic acids is 2. The van der Waals surface area contributed by atoms with Crippen LogP contribution in [0, 0.1) is 11.3 Å². The lowest BCUT2D eigenvalue weighted by Gasteiger charge is -2.51. The molecule has 4 atom stereocenters.